The van der Waals surface area contributed by atoms with Gasteiger partial charge in [0.25, 0.3) is 5.91 Å². The van der Waals surface area contributed by atoms with Gasteiger partial charge in [0.1, 0.15) is 17.9 Å². The Labute approximate surface area is 161 Å². The quantitative estimate of drug-likeness (QED) is 0.800. The van der Waals surface area contributed by atoms with E-state index in [0.717, 1.165) is 24.2 Å². The molecule has 2 aromatic rings. The minimum absolute atomic E-state index is 0.262. The summed E-state index contributed by atoms with van der Waals surface area (Å²) in [4.78, 5) is 38.5. The van der Waals surface area contributed by atoms with Crippen LogP contribution in [0, 0.1) is 5.82 Å². The van der Waals surface area contributed by atoms with Crippen molar-refractivity contribution in [2.24, 2.45) is 0 Å². The van der Waals surface area contributed by atoms with Crippen molar-refractivity contribution < 1.29 is 18.8 Å². The third kappa shape index (κ3) is 3.13. The maximum Gasteiger partial charge on any atom is 0.325 e. The Hall–Kier alpha value is -3.22. The fraction of sp³-hybridized carbons (Fsp3) is 0.286. The number of nitrogens with zero attached hydrogens (tertiary/aromatic N) is 1. The Morgan fingerprint density at radius 3 is 2.75 bits per heavy atom. The lowest BCUT2D eigenvalue weighted by atomic mass is 9.89. The third-order valence-corrected chi connectivity index (χ3v) is 5.36. The largest absolute Gasteiger partial charge is 0.325 e. The summed E-state index contributed by atoms with van der Waals surface area (Å²) in [6, 6.07) is 10.6. The summed E-state index contributed by atoms with van der Waals surface area (Å²) in [6.45, 7) is 1.20. The molecular weight excluding hydrogens is 361 g/mol. The minimum Gasteiger partial charge on any atom is -0.324 e. The molecule has 0 aromatic heterocycles. The van der Waals surface area contributed by atoms with E-state index in [4.69, 9.17) is 0 Å². The Kier molecular flexibility index (Phi) is 4.37. The van der Waals surface area contributed by atoms with Crippen LogP contribution in [-0.4, -0.2) is 29.3 Å². The number of rotatable bonds is 4. The van der Waals surface area contributed by atoms with E-state index in [2.05, 4.69) is 10.6 Å². The Bertz CT molecular complexity index is 991. The first-order valence-electron chi connectivity index (χ1n) is 9.18. The molecule has 0 radical (unpaired) electrons. The van der Waals surface area contributed by atoms with Crippen molar-refractivity contribution in [1.82, 2.24) is 10.2 Å². The van der Waals surface area contributed by atoms with Crippen LogP contribution in [0.3, 0.4) is 0 Å². The molecule has 7 heteroatoms. The van der Waals surface area contributed by atoms with Crippen LogP contribution in [0.15, 0.2) is 42.5 Å². The van der Waals surface area contributed by atoms with E-state index in [0.29, 0.717) is 5.56 Å². The van der Waals surface area contributed by atoms with Crippen molar-refractivity contribution in [3.63, 3.8) is 0 Å². The normalized spacial score (nSPS) is 20.9. The summed E-state index contributed by atoms with van der Waals surface area (Å²) in [6.07, 6.45) is 3.07. The molecule has 0 saturated carbocycles. The van der Waals surface area contributed by atoms with Crippen molar-refractivity contribution in [1.29, 1.82) is 0 Å². The minimum atomic E-state index is -1.21. The van der Waals surface area contributed by atoms with Crippen molar-refractivity contribution in [3.05, 3.63) is 65.0 Å². The van der Waals surface area contributed by atoms with Crippen molar-refractivity contribution in [2.75, 3.05) is 11.9 Å². The highest BCUT2D eigenvalue weighted by Crippen LogP contribution is 2.32. The number of urea groups is 1. The molecule has 4 amide bonds. The van der Waals surface area contributed by atoms with Gasteiger partial charge in [-0.15, -0.1) is 0 Å². The van der Waals surface area contributed by atoms with Crippen LogP contribution in [0.2, 0.25) is 0 Å². The number of amides is 4. The lowest BCUT2D eigenvalue weighted by Gasteiger charge is -2.23. The molecule has 2 N–H and O–H groups in total. The number of fused-ring (bicyclic) bond motifs is 1. The summed E-state index contributed by atoms with van der Waals surface area (Å²) in [7, 11) is 0. The molecule has 1 heterocycles. The van der Waals surface area contributed by atoms with Crippen LogP contribution in [0.4, 0.5) is 14.9 Å². The zero-order valence-electron chi connectivity index (χ0n) is 15.4. The average Bonchev–Trinajstić information content (AvgIpc) is 3.20. The number of nitrogens with one attached hydrogen (secondary N) is 2. The maximum atomic E-state index is 13.3. The summed E-state index contributed by atoms with van der Waals surface area (Å²) < 4.78 is 13.3. The molecule has 1 atom stereocenters. The molecule has 1 aliphatic carbocycles. The molecule has 6 nitrogen and oxygen atoms in total. The van der Waals surface area contributed by atoms with E-state index in [1.807, 2.05) is 18.2 Å². The highest BCUT2D eigenvalue weighted by Gasteiger charge is 2.49. The van der Waals surface area contributed by atoms with Crippen LogP contribution in [0.5, 0.6) is 0 Å². The van der Waals surface area contributed by atoms with Crippen LogP contribution in [0.1, 0.15) is 30.0 Å². The highest BCUT2D eigenvalue weighted by molar-refractivity contribution is 6.10. The van der Waals surface area contributed by atoms with E-state index in [1.165, 1.54) is 35.4 Å². The summed E-state index contributed by atoms with van der Waals surface area (Å²) in [5.74, 6) is -1.55. The molecule has 28 heavy (non-hydrogen) atoms. The van der Waals surface area contributed by atoms with Gasteiger partial charge in [0.05, 0.1) is 0 Å². The molecule has 0 unspecified atom stereocenters. The second-order valence-corrected chi connectivity index (χ2v) is 7.34. The van der Waals surface area contributed by atoms with Gasteiger partial charge < -0.3 is 10.6 Å². The number of carbonyl (C=O) groups is 3. The van der Waals surface area contributed by atoms with E-state index in [9.17, 15) is 18.8 Å². The van der Waals surface area contributed by atoms with E-state index < -0.39 is 35.7 Å². The number of benzene rings is 2. The number of imide groups is 1. The van der Waals surface area contributed by atoms with Gasteiger partial charge in [-0.3, -0.25) is 14.5 Å². The van der Waals surface area contributed by atoms with Gasteiger partial charge in [-0.05, 0) is 61.1 Å². The Morgan fingerprint density at radius 2 is 1.96 bits per heavy atom. The molecule has 0 bridgehead atoms. The summed E-state index contributed by atoms with van der Waals surface area (Å²) in [5, 5.41) is 5.21. The Morgan fingerprint density at radius 1 is 1.18 bits per heavy atom. The first-order chi connectivity index (χ1) is 13.4. The van der Waals surface area contributed by atoms with Crippen molar-refractivity contribution in [2.45, 2.75) is 31.7 Å². The molecule has 1 saturated heterocycles. The monoisotopic (exact) mass is 381 g/mol. The number of carbonyl (C=O) groups excluding carboxylic acids is 3. The fourth-order valence-corrected chi connectivity index (χ4v) is 3.83. The van der Waals surface area contributed by atoms with E-state index >= 15 is 0 Å². The lowest BCUT2D eigenvalue weighted by Crippen LogP contribution is -2.42. The van der Waals surface area contributed by atoms with Gasteiger partial charge in [0.2, 0.25) is 5.91 Å². The molecule has 2 aliphatic rings. The molecule has 144 valence electrons. The number of aryl methyl sites for hydroxylation is 2. The highest BCUT2D eigenvalue weighted by atomic mass is 19.1. The maximum absolute atomic E-state index is 13.3. The van der Waals surface area contributed by atoms with Crippen LogP contribution >= 0.6 is 0 Å². The molecular formula is C21H20FN3O3. The van der Waals surface area contributed by atoms with Crippen LogP contribution in [-0.2, 0) is 28.0 Å². The van der Waals surface area contributed by atoms with Crippen LogP contribution < -0.4 is 10.6 Å². The number of anilines is 1. The predicted molar refractivity (Wildman–Crippen MR) is 101 cm³/mol. The van der Waals surface area contributed by atoms with Gasteiger partial charge in [0.15, 0.2) is 0 Å². The fourth-order valence-electron chi connectivity index (χ4n) is 3.83. The molecule has 4 rings (SSSR count). The topological polar surface area (TPSA) is 78.5 Å². The molecule has 1 aliphatic heterocycles. The third-order valence-electron chi connectivity index (χ3n) is 5.36. The SMILES string of the molecule is C[C@]1(c2ccc3c(c2)CCC3)NC(=O)N(CC(=O)Nc2cccc(F)c2)C1=O. The first-order valence-corrected chi connectivity index (χ1v) is 9.18. The zero-order valence-corrected chi connectivity index (χ0v) is 15.4. The second-order valence-electron chi connectivity index (χ2n) is 7.34. The summed E-state index contributed by atoms with van der Waals surface area (Å²) in [5.41, 5.74) is 2.23. The molecule has 2 aromatic carbocycles. The van der Waals surface area contributed by atoms with Gasteiger partial charge in [0, 0.05) is 5.69 Å². The van der Waals surface area contributed by atoms with Gasteiger partial charge in [-0.1, -0.05) is 24.3 Å². The van der Waals surface area contributed by atoms with Gasteiger partial charge in [-0.2, -0.15) is 0 Å². The predicted octanol–water partition coefficient (Wildman–Crippen LogP) is 2.72. The van der Waals surface area contributed by atoms with Gasteiger partial charge >= 0.3 is 6.03 Å². The first kappa shape index (κ1) is 18.2. The average molecular weight is 381 g/mol. The van der Waals surface area contributed by atoms with E-state index in [1.54, 1.807) is 6.92 Å². The van der Waals surface area contributed by atoms with Crippen molar-refractivity contribution >= 4 is 23.5 Å². The van der Waals surface area contributed by atoms with Crippen LogP contribution in [0.25, 0.3) is 0 Å². The number of hydrogen-bond acceptors (Lipinski definition) is 3. The number of hydrogen-bond donors (Lipinski definition) is 2. The number of halogens is 1. The van der Waals surface area contributed by atoms with E-state index in [-0.39, 0.29) is 5.69 Å². The molecule has 1 fully saturated rings. The van der Waals surface area contributed by atoms with Crippen molar-refractivity contribution in [3.8, 4) is 0 Å². The zero-order chi connectivity index (χ0) is 19.9. The lowest BCUT2D eigenvalue weighted by molar-refractivity contribution is -0.133. The standard InChI is InChI=1S/C21H20FN3O3/c1-21(15-9-8-13-4-2-5-14(13)10-15)19(27)25(20(28)24-21)12-18(26)23-17-7-3-6-16(22)11-17/h3,6-11H,2,4-5,12H2,1H3,(H,23,26)(H,24,28)/t21-/m1/s1. The Balaban J connectivity index is 1.51. The molecule has 0 spiro atoms. The second kappa shape index (κ2) is 6.74. The van der Waals surface area contributed by atoms with Gasteiger partial charge in [-0.25, -0.2) is 9.18 Å². The smallest absolute Gasteiger partial charge is 0.324 e. The summed E-state index contributed by atoms with van der Waals surface area (Å²) >= 11 is 0.